The fourth-order valence-electron chi connectivity index (χ4n) is 1.85. The number of rotatable bonds is 2. The molecule has 6 heteroatoms. The van der Waals surface area contributed by atoms with E-state index >= 15 is 0 Å². The SMILES string of the molecule is Cc1cc(Br)cc(N)c1NC(=O)c1c(O)cccc1F. The minimum atomic E-state index is -0.796. The number of hydrogen-bond donors (Lipinski definition) is 3. The molecule has 4 N–H and O–H groups in total. The van der Waals surface area contributed by atoms with E-state index in [4.69, 9.17) is 5.73 Å². The molecule has 0 bridgehead atoms. The van der Waals surface area contributed by atoms with Crippen molar-refractivity contribution < 1.29 is 14.3 Å². The minimum Gasteiger partial charge on any atom is -0.507 e. The van der Waals surface area contributed by atoms with Crippen LogP contribution >= 0.6 is 15.9 Å². The summed E-state index contributed by atoms with van der Waals surface area (Å²) in [6.07, 6.45) is 0. The normalized spacial score (nSPS) is 10.3. The zero-order chi connectivity index (χ0) is 14.9. The fraction of sp³-hybridized carbons (Fsp3) is 0.0714. The van der Waals surface area contributed by atoms with Crippen molar-refractivity contribution in [3.8, 4) is 5.75 Å². The number of nitrogens with one attached hydrogen (secondary N) is 1. The molecule has 0 unspecified atom stereocenters. The maximum absolute atomic E-state index is 13.6. The third-order valence-corrected chi connectivity index (χ3v) is 3.25. The molecule has 20 heavy (non-hydrogen) atoms. The first-order chi connectivity index (χ1) is 9.40. The molecule has 4 nitrogen and oxygen atoms in total. The van der Waals surface area contributed by atoms with Crippen molar-refractivity contribution in [3.05, 3.63) is 51.7 Å². The monoisotopic (exact) mass is 338 g/mol. The van der Waals surface area contributed by atoms with Crippen molar-refractivity contribution >= 4 is 33.2 Å². The third kappa shape index (κ3) is 2.75. The van der Waals surface area contributed by atoms with Gasteiger partial charge in [-0.3, -0.25) is 4.79 Å². The summed E-state index contributed by atoms with van der Waals surface area (Å²) in [5.41, 5.74) is 6.88. The van der Waals surface area contributed by atoms with Crippen LogP contribution in [0.25, 0.3) is 0 Å². The zero-order valence-electron chi connectivity index (χ0n) is 10.6. The molecule has 0 atom stereocenters. The van der Waals surface area contributed by atoms with Gasteiger partial charge < -0.3 is 16.2 Å². The van der Waals surface area contributed by atoms with Gasteiger partial charge in [0, 0.05) is 4.47 Å². The number of anilines is 2. The number of carbonyl (C=O) groups excluding carboxylic acids is 1. The van der Waals surface area contributed by atoms with Crippen molar-refractivity contribution in [1.29, 1.82) is 0 Å². The van der Waals surface area contributed by atoms with Gasteiger partial charge >= 0.3 is 0 Å². The van der Waals surface area contributed by atoms with Crippen LogP contribution in [0.3, 0.4) is 0 Å². The predicted molar refractivity (Wildman–Crippen MR) is 79.3 cm³/mol. The molecule has 0 spiro atoms. The lowest BCUT2D eigenvalue weighted by Gasteiger charge is -2.13. The summed E-state index contributed by atoms with van der Waals surface area (Å²) in [4.78, 5) is 12.1. The summed E-state index contributed by atoms with van der Waals surface area (Å²) in [5, 5.41) is 12.1. The Hall–Kier alpha value is -2.08. The van der Waals surface area contributed by atoms with E-state index in [0.717, 1.165) is 16.1 Å². The lowest BCUT2D eigenvalue weighted by molar-refractivity contribution is 0.102. The molecular weight excluding hydrogens is 327 g/mol. The zero-order valence-corrected chi connectivity index (χ0v) is 12.2. The maximum atomic E-state index is 13.6. The summed E-state index contributed by atoms with van der Waals surface area (Å²) in [5.74, 6) is -1.97. The van der Waals surface area contributed by atoms with Crippen LogP contribution in [0.4, 0.5) is 15.8 Å². The lowest BCUT2D eigenvalue weighted by Crippen LogP contribution is -2.16. The molecule has 104 valence electrons. The van der Waals surface area contributed by atoms with Gasteiger partial charge in [0.15, 0.2) is 0 Å². The van der Waals surface area contributed by atoms with Gasteiger partial charge in [0.25, 0.3) is 5.91 Å². The average molecular weight is 339 g/mol. The molecule has 1 amide bonds. The maximum Gasteiger partial charge on any atom is 0.262 e. The van der Waals surface area contributed by atoms with Crippen molar-refractivity contribution in [2.45, 2.75) is 6.92 Å². The first-order valence-corrected chi connectivity index (χ1v) is 6.54. The molecule has 0 radical (unpaired) electrons. The molecule has 2 aromatic carbocycles. The number of nitrogen functional groups attached to an aromatic ring is 1. The summed E-state index contributed by atoms with van der Waals surface area (Å²) >= 11 is 3.29. The number of amides is 1. The molecule has 2 aromatic rings. The Bertz CT molecular complexity index is 646. The number of benzene rings is 2. The van der Waals surface area contributed by atoms with Crippen molar-refractivity contribution in [2.24, 2.45) is 0 Å². The van der Waals surface area contributed by atoms with Crippen LogP contribution in [0, 0.1) is 12.7 Å². The number of nitrogens with two attached hydrogens (primary N) is 1. The largest absolute Gasteiger partial charge is 0.507 e. The molecule has 0 fully saturated rings. The minimum absolute atomic E-state index is 0.348. The topological polar surface area (TPSA) is 75.3 Å². The number of halogens is 2. The van der Waals surface area contributed by atoms with Crippen LogP contribution in [0.5, 0.6) is 5.75 Å². The van der Waals surface area contributed by atoms with Crippen molar-refractivity contribution in [2.75, 3.05) is 11.1 Å². The third-order valence-electron chi connectivity index (χ3n) is 2.79. The standard InChI is InChI=1S/C14H12BrFN2O2/c1-7-5-8(15)6-10(17)13(7)18-14(20)12-9(16)3-2-4-11(12)19/h2-6,19H,17H2,1H3,(H,18,20). The fourth-order valence-corrected chi connectivity index (χ4v) is 2.44. The number of aryl methyl sites for hydroxylation is 1. The van der Waals surface area contributed by atoms with E-state index in [1.165, 1.54) is 12.1 Å². The van der Waals surface area contributed by atoms with Crippen LogP contribution in [0.2, 0.25) is 0 Å². The van der Waals surface area contributed by atoms with Gasteiger partial charge in [-0.15, -0.1) is 0 Å². The highest BCUT2D eigenvalue weighted by Gasteiger charge is 2.18. The van der Waals surface area contributed by atoms with Crippen LogP contribution in [-0.2, 0) is 0 Å². The molecule has 0 aromatic heterocycles. The Morgan fingerprint density at radius 2 is 2.10 bits per heavy atom. The van der Waals surface area contributed by atoms with Gasteiger partial charge in [0.1, 0.15) is 17.1 Å². The number of carbonyl (C=O) groups is 1. The lowest BCUT2D eigenvalue weighted by atomic mass is 10.1. The van der Waals surface area contributed by atoms with Crippen molar-refractivity contribution in [1.82, 2.24) is 0 Å². The van der Waals surface area contributed by atoms with E-state index in [-0.39, 0.29) is 0 Å². The molecule has 0 aliphatic carbocycles. The van der Waals surface area contributed by atoms with E-state index in [2.05, 4.69) is 21.2 Å². The Balaban J connectivity index is 2.38. The molecular formula is C14H12BrFN2O2. The van der Waals surface area contributed by atoms with Crippen LogP contribution < -0.4 is 11.1 Å². The number of phenolic OH excluding ortho intramolecular Hbond substituents is 1. The smallest absolute Gasteiger partial charge is 0.262 e. The average Bonchev–Trinajstić information content (AvgIpc) is 2.33. The van der Waals surface area contributed by atoms with Gasteiger partial charge in [0.05, 0.1) is 11.4 Å². The highest BCUT2D eigenvalue weighted by atomic mass is 79.9. The Morgan fingerprint density at radius 1 is 1.40 bits per heavy atom. The number of phenols is 1. The van der Waals surface area contributed by atoms with E-state index in [9.17, 15) is 14.3 Å². The van der Waals surface area contributed by atoms with E-state index < -0.39 is 23.0 Å². The van der Waals surface area contributed by atoms with Crippen molar-refractivity contribution in [3.63, 3.8) is 0 Å². The summed E-state index contributed by atoms with van der Waals surface area (Å²) in [6, 6.07) is 7.07. The number of hydrogen-bond acceptors (Lipinski definition) is 3. The van der Waals surface area contributed by atoms with Crippen LogP contribution in [0.1, 0.15) is 15.9 Å². The molecule has 0 saturated heterocycles. The second kappa shape index (κ2) is 5.50. The molecule has 0 heterocycles. The van der Waals surface area contributed by atoms with Gasteiger partial charge in [-0.2, -0.15) is 0 Å². The highest BCUT2D eigenvalue weighted by Crippen LogP contribution is 2.29. The van der Waals surface area contributed by atoms with Gasteiger partial charge in [-0.1, -0.05) is 22.0 Å². The second-order valence-corrected chi connectivity index (χ2v) is 5.19. The second-order valence-electron chi connectivity index (χ2n) is 4.27. The first kappa shape index (κ1) is 14.3. The van der Waals surface area contributed by atoms with E-state index in [1.54, 1.807) is 19.1 Å². The predicted octanol–water partition coefficient (Wildman–Crippen LogP) is 3.44. The molecule has 0 saturated carbocycles. The van der Waals surface area contributed by atoms with Crippen LogP contribution in [-0.4, -0.2) is 11.0 Å². The van der Waals surface area contributed by atoms with E-state index in [0.29, 0.717) is 11.4 Å². The summed E-state index contributed by atoms with van der Waals surface area (Å²) < 4.78 is 14.4. The van der Waals surface area contributed by atoms with Gasteiger partial charge in [0.2, 0.25) is 0 Å². The molecule has 2 rings (SSSR count). The van der Waals surface area contributed by atoms with Crippen LogP contribution in [0.15, 0.2) is 34.8 Å². The van der Waals surface area contributed by atoms with Gasteiger partial charge in [-0.05, 0) is 36.8 Å². The highest BCUT2D eigenvalue weighted by molar-refractivity contribution is 9.10. The summed E-state index contributed by atoms with van der Waals surface area (Å²) in [7, 11) is 0. The first-order valence-electron chi connectivity index (χ1n) is 5.74. The van der Waals surface area contributed by atoms with E-state index in [1.807, 2.05) is 0 Å². The molecule has 0 aliphatic heterocycles. The quantitative estimate of drug-likeness (QED) is 0.734. The van der Waals surface area contributed by atoms with Gasteiger partial charge in [-0.25, -0.2) is 4.39 Å². The summed E-state index contributed by atoms with van der Waals surface area (Å²) in [6.45, 7) is 1.76. The Labute approximate surface area is 123 Å². The molecule has 0 aliphatic rings. The Morgan fingerprint density at radius 3 is 2.70 bits per heavy atom. The Kier molecular flexibility index (Phi) is 3.94. The number of aromatic hydroxyl groups is 1.